The van der Waals surface area contributed by atoms with Gasteiger partial charge in [-0.2, -0.15) is 8.78 Å². The van der Waals surface area contributed by atoms with E-state index in [2.05, 4.69) is 22.9 Å². The van der Waals surface area contributed by atoms with Crippen molar-refractivity contribution in [3.63, 3.8) is 0 Å². The third-order valence-corrected chi connectivity index (χ3v) is 4.36. The Morgan fingerprint density at radius 2 is 1.74 bits per heavy atom. The minimum absolute atomic E-state index is 0.637. The Morgan fingerprint density at radius 3 is 2.30 bits per heavy atom. The zero-order valence-electron chi connectivity index (χ0n) is 14.5. The Kier molecular flexibility index (Phi) is 5.99. The summed E-state index contributed by atoms with van der Waals surface area (Å²) in [6.45, 7) is 7.41. The van der Waals surface area contributed by atoms with Gasteiger partial charge in [0.15, 0.2) is 0 Å². The highest BCUT2D eigenvalue weighted by Crippen LogP contribution is 2.30. The number of nitrogens with zero attached hydrogens (tertiary/aromatic N) is 3. The van der Waals surface area contributed by atoms with Gasteiger partial charge in [0, 0.05) is 43.4 Å². The summed E-state index contributed by atoms with van der Waals surface area (Å²) in [5, 5.41) is 0.940. The number of piperazine rings is 1. The van der Waals surface area contributed by atoms with E-state index in [1.54, 1.807) is 6.20 Å². The fourth-order valence-corrected chi connectivity index (χ4v) is 3.02. The van der Waals surface area contributed by atoms with Crippen LogP contribution >= 0.6 is 0 Å². The number of hydrogen-bond donors (Lipinski definition) is 0. The van der Waals surface area contributed by atoms with Crippen LogP contribution in [0.4, 0.5) is 14.5 Å². The number of halogens is 2. The molecule has 0 N–H and O–H groups in total. The zero-order chi connectivity index (χ0) is 17.0. The normalized spacial score (nSPS) is 15.9. The van der Waals surface area contributed by atoms with Crippen molar-refractivity contribution in [1.82, 2.24) is 9.47 Å². The molecule has 1 aliphatic heterocycles. The van der Waals surface area contributed by atoms with E-state index in [9.17, 15) is 8.78 Å². The van der Waals surface area contributed by atoms with E-state index in [1.165, 1.54) is 0 Å². The summed E-state index contributed by atoms with van der Waals surface area (Å²) in [6.07, 6.45) is 2.35. The van der Waals surface area contributed by atoms with E-state index >= 15 is 0 Å². The third-order valence-electron chi connectivity index (χ3n) is 4.36. The molecule has 3 rings (SSSR count). The summed E-state index contributed by atoms with van der Waals surface area (Å²) in [4.78, 5) is 4.56. The second kappa shape index (κ2) is 7.77. The lowest BCUT2D eigenvalue weighted by atomic mass is 10.1. The van der Waals surface area contributed by atoms with Crippen molar-refractivity contribution < 1.29 is 8.78 Å². The van der Waals surface area contributed by atoms with Gasteiger partial charge >= 0.3 is 6.55 Å². The van der Waals surface area contributed by atoms with Crippen LogP contribution in [0.1, 0.15) is 32.9 Å². The monoisotopic (exact) mass is 323 g/mol. The molecule has 5 heteroatoms. The van der Waals surface area contributed by atoms with E-state index in [0.717, 1.165) is 53.8 Å². The van der Waals surface area contributed by atoms with Gasteiger partial charge in [-0.15, -0.1) is 0 Å². The number of alkyl halides is 2. The van der Waals surface area contributed by atoms with Crippen LogP contribution in [-0.2, 0) is 6.42 Å². The molecule has 0 spiro atoms. The lowest BCUT2D eigenvalue weighted by molar-refractivity contribution is 0.0751. The Labute approximate surface area is 137 Å². The van der Waals surface area contributed by atoms with Gasteiger partial charge in [-0.3, -0.25) is 4.57 Å². The summed E-state index contributed by atoms with van der Waals surface area (Å²) in [5.74, 6) is 0. The number of aryl methyl sites for hydroxylation is 1. The number of anilines is 1. The van der Waals surface area contributed by atoms with Gasteiger partial charge in [0.2, 0.25) is 0 Å². The summed E-state index contributed by atoms with van der Waals surface area (Å²) >= 11 is 0. The maximum Gasteiger partial charge on any atom is 0.319 e. The van der Waals surface area contributed by atoms with E-state index in [-0.39, 0.29) is 0 Å². The molecule has 0 bridgehead atoms. The number of hydrogen-bond acceptors (Lipinski definition) is 2. The number of fused-ring (bicyclic) bond motifs is 1. The molecule has 2 aromatic rings. The van der Waals surface area contributed by atoms with Crippen LogP contribution in [0.5, 0.6) is 0 Å². The maximum absolute atomic E-state index is 13.2. The number of aromatic nitrogens is 1. The molecule has 1 aliphatic rings. The van der Waals surface area contributed by atoms with Crippen LogP contribution in [0.25, 0.3) is 10.9 Å². The second-order valence-electron chi connectivity index (χ2n) is 5.68. The van der Waals surface area contributed by atoms with Crippen molar-refractivity contribution in [1.29, 1.82) is 0 Å². The topological polar surface area (TPSA) is 11.4 Å². The van der Waals surface area contributed by atoms with Crippen LogP contribution in [0.3, 0.4) is 0 Å². The molecular weight excluding hydrogens is 296 g/mol. The first-order valence-electron chi connectivity index (χ1n) is 8.45. The lowest BCUT2D eigenvalue weighted by Crippen LogP contribution is -2.44. The first-order chi connectivity index (χ1) is 11.1. The van der Waals surface area contributed by atoms with Crippen molar-refractivity contribution in [3.05, 3.63) is 30.0 Å². The molecule has 0 aliphatic carbocycles. The quantitative estimate of drug-likeness (QED) is 0.830. The Morgan fingerprint density at radius 1 is 1.09 bits per heavy atom. The van der Waals surface area contributed by atoms with Crippen LogP contribution in [0.2, 0.25) is 0 Å². The Bertz CT molecular complexity index is 628. The van der Waals surface area contributed by atoms with E-state index in [1.807, 2.05) is 32.9 Å². The Balaban J connectivity index is 0.000000924. The number of likely N-dealkylation sites (N-methyl/N-ethyl adjacent to an activating group) is 1. The Hall–Kier alpha value is -1.62. The summed E-state index contributed by atoms with van der Waals surface area (Å²) < 4.78 is 27.5. The lowest BCUT2D eigenvalue weighted by Gasteiger charge is -2.34. The van der Waals surface area contributed by atoms with Gasteiger partial charge in [0.1, 0.15) is 0 Å². The molecule has 1 aromatic heterocycles. The molecular formula is C18H27F2N3. The first kappa shape index (κ1) is 17.7. The van der Waals surface area contributed by atoms with Gasteiger partial charge in [-0.05, 0) is 31.2 Å². The molecule has 1 fully saturated rings. The summed E-state index contributed by atoms with van der Waals surface area (Å²) in [7, 11) is 2.11. The SMILES string of the molecule is CC.CCc1cn(C(F)F)c2cc(N3CCN(C)CC3)ccc12. The van der Waals surface area contributed by atoms with Gasteiger partial charge in [-0.25, -0.2) is 0 Å². The molecule has 0 unspecified atom stereocenters. The van der Waals surface area contributed by atoms with Gasteiger partial charge in [0.05, 0.1) is 5.52 Å². The molecule has 2 heterocycles. The van der Waals surface area contributed by atoms with E-state index in [4.69, 9.17) is 0 Å². The van der Waals surface area contributed by atoms with Gasteiger partial charge < -0.3 is 9.80 Å². The average molecular weight is 323 g/mol. The van der Waals surface area contributed by atoms with Crippen LogP contribution in [0.15, 0.2) is 24.4 Å². The third kappa shape index (κ3) is 3.66. The fourth-order valence-electron chi connectivity index (χ4n) is 3.02. The number of benzene rings is 1. The molecule has 0 saturated carbocycles. The summed E-state index contributed by atoms with van der Waals surface area (Å²) in [6, 6.07) is 5.95. The first-order valence-corrected chi connectivity index (χ1v) is 8.45. The van der Waals surface area contributed by atoms with Crippen LogP contribution in [-0.4, -0.2) is 42.7 Å². The highest BCUT2D eigenvalue weighted by Gasteiger charge is 2.18. The predicted octanol–water partition coefficient (Wildman–Crippen LogP) is 4.38. The van der Waals surface area contributed by atoms with Crippen molar-refractivity contribution in [2.75, 3.05) is 38.1 Å². The second-order valence-corrected chi connectivity index (χ2v) is 5.68. The minimum Gasteiger partial charge on any atom is -0.369 e. The predicted molar refractivity (Wildman–Crippen MR) is 93.6 cm³/mol. The van der Waals surface area contributed by atoms with Crippen molar-refractivity contribution in [3.8, 4) is 0 Å². The van der Waals surface area contributed by atoms with Gasteiger partial charge in [0.25, 0.3) is 0 Å². The van der Waals surface area contributed by atoms with Gasteiger partial charge in [-0.1, -0.05) is 26.8 Å². The average Bonchev–Trinajstić information content (AvgIpc) is 2.95. The molecule has 0 radical (unpaired) electrons. The highest BCUT2D eigenvalue weighted by atomic mass is 19.3. The molecule has 23 heavy (non-hydrogen) atoms. The molecule has 3 nitrogen and oxygen atoms in total. The number of rotatable bonds is 3. The highest BCUT2D eigenvalue weighted by molar-refractivity contribution is 5.87. The molecule has 0 atom stereocenters. The zero-order valence-corrected chi connectivity index (χ0v) is 14.5. The standard InChI is InChI=1S/C16H21F2N3.C2H6/c1-3-12-11-21(16(17)18)15-10-13(4-5-14(12)15)20-8-6-19(2)7-9-20;1-2/h4-5,10-11,16H,3,6-9H2,1-2H3;1-2H3. The smallest absolute Gasteiger partial charge is 0.319 e. The molecule has 1 saturated heterocycles. The molecule has 0 amide bonds. The molecule has 1 aromatic carbocycles. The summed E-state index contributed by atoms with van der Waals surface area (Å²) in [5.41, 5.74) is 2.66. The van der Waals surface area contributed by atoms with Crippen molar-refractivity contribution in [2.24, 2.45) is 0 Å². The van der Waals surface area contributed by atoms with Crippen molar-refractivity contribution in [2.45, 2.75) is 33.7 Å². The largest absolute Gasteiger partial charge is 0.369 e. The maximum atomic E-state index is 13.2. The van der Waals surface area contributed by atoms with E-state index in [0.29, 0.717) is 5.52 Å². The minimum atomic E-state index is -2.49. The van der Waals surface area contributed by atoms with Crippen LogP contribution in [0, 0.1) is 0 Å². The van der Waals surface area contributed by atoms with Crippen LogP contribution < -0.4 is 4.90 Å². The molecule has 128 valence electrons. The fraction of sp³-hybridized carbons (Fsp3) is 0.556. The van der Waals surface area contributed by atoms with E-state index < -0.39 is 6.55 Å². The van der Waals surface area contributed by atoms with Crippen molar-refractivity contribution >= 4 is 16.6 Å².